The van der Waals surface area contributed by atoms with Crippen molar-refractivity contribution in [3.8, 4) is 50.7 Å². The lowest BCUT2D eigenvalue weighted by atomic mass is 9.89. The number of nitrogens with one attached hydrogen (secondary N) is 2. The zero-order chi connectivity index (χ0) is 47.7. The Bertz CT molecular complexity index is 3390. The number of carbonyl (C=O) groups excluding carboxylic acids is 2. The summed E-state index contributed by atoms with van der Waals surface area (Å²) >= 11 is 0. The second-order valence-corrected chi connectivity index (χ2v) is 16.0. The van der Waals surface area contributed by atoms with Gasteiger partial charge in [0.15, 0.2) is 5.43 Å². The van der Waals surface area contributed by atoms with Gasteiger partial charge in [-0.2, -0.15) is 0 Å². The van der Waals surface area contributed by atoms with E-state index in [2.05, 4.69) is 15.6 Å². The third-order valence-corrected chi connectivity index (χ3v) is 11.5. The molecule has 0 aromatic heterocycles. The van der Waals surface area contributed by atoms with Crippen molar-refractivity contribution in [1.29, 1.82) is 0 Å². The Morgan fingerprint density at radius 3 is 1.81 bits per heavy atom. The van der Waals surface area contributed by atoms with Crippen molar-refractivity contribution >= 4 is 57.3 Å². The Balaban J connectivity index is 0.958. The molecule has 4 aromatic carbocycles. The summed E-state index contributed by atoms with van der Waals surface area (Å²) in [5, 5.41) is 47.9. The number of carbonyl (C=O) groups is 5. The van der Waals surface area contributed by atoms with Crippen LogP contribution in [-0.4, -0.2) is 83.9 Å². The highest BCUT2D eigenvalue weighted by atomic mass is 16.4. The first-order chi connectivity index (χ1) is 32.1. The molecule has 67 heavy (non-hydrogen) atoms. The number of unbranched alkanes of at least 4 members (excludes halogenated alkanes) is 1. The summed E-state index contributed by atoms with van der Waals surface area (Å²) in [7, 11) is 5.42. The normalized spacial score (nSPS) is 12.1. The van der Waals surface area contributed by atoms with Gasteiger partial charge in [0, 0.05) is 102 Å². The first-order valence-corrected chi connectivity index (χ1v) is 21.0. The fourth-order valence-corrected chi connectivity index (χ4v) is 8.16. The van der Waals surface area contributed by atoms with Crippen molar-refractivity contribution in [2.24, 2.45) is 4.99 Å². The van der Waals surface area contributed by atoms with Gasteiger partial charge in [-0.25, -0.2) is 14.4 Å². The van der Waals surface area contributed by atoms with Gasteiger partial charge < -0.3 is 44.8 Å². The highest BCUT2D eigenvalue weighted by Gasteiger charge is 2.27. The van der Waals surface area contributed by atoms with E-state index >= 15 is 0 Å². The molecule has 1 unspecified atom stereocenters. The van der Waals surface area contributed by atoms with Crippen molar-refractivity contribution in [3.63, 3.8) is 0 Å². The zero-order valence-corrected chi connectivity index (χ0v) is 36.2. The maximum Gasteiger partial charge on any atom is 0.336 e. The SMILES string of the molecule is C/N=c1/ccc2c(-c3ccc(C(=O)NC(CCCCNC(=O)c4ccc(-c5c6ccc(=O)cc-6oc6cc(O)ccc56)c(C(=O)O)c4)C(=O)O)cc3C(=O)O)c3ccc(N(C)C)cc3oc-2c1. The van der Waals surface area contributed by atoms with Crippen LogP contribution >= 0.6 is 0 Å². The van der Waals surface area contributed by atoms with Crippen LogP contribution < -0.4 is 26.3 Å². The van der Waals surface area contributed by atoms with Gasteiger partial charge in [0.25, 0.3) is 11.8 Å². The van der Waals surface area contributed by atoms with Crippen LogP contribution in [0.25, 0.3) is 66.8 Å². The lowest BCUT2D eigenvalue weighted by Gasteiger charge is -2.19. The number of aliphatic carboxylic acids is 1. The lowest BCUT2D eigenvalue weighted by molar-refractivity contribution is -0.139. The molecule has 1 atom stereocenters. The van der Waals surface area contributed by atoms with Gasteiger partial charge in [-0.1, -0.05) is 12.1 Å². The predicted octanol–water partition coefficient (Wildman–Crippen LogP) is 7.56. The minimum Gasteiger partial charge on any atom is -0.508 e. The minimum absolute atomic E-state index is 0.0258. The van der Waals surface area contributed by atoms with E-state index in [0.29, 0.717) is 61.7 Å². The van der Waals surface area contributed by atoms with E-state index in [1.54, 1.807) is 31.3 Å². The average Bonchev–Trinajstić information content (AvgIpc) is 3.30. The molecule has 0 bridgehead atoms. The molecule has 2 aliphatic heterocycles. The maximum atomic E-state index is 13.5. The number of phenolic OH excluding ortho intramolecular Hbond substituents is 1. The Hall–Kier alpha value is -8.79. The van der Waals surface area contributed by atoms with Crippen LogP contribution in [0.15, 0.2) is 128 Å². The number of amides is 2. The summed E-state index contributed by atoms with van der Waals surface area (Å²) in [4.78, 5) is 82.9. The molecule has 0 saturated carbocycles. The van der Waals surface area contributed by atoms with E-state index in [1.165, 1.54) is 66.7 Å². The predicted molar refractivity (Wildman–Crippen MR) is 249 cm³/mol. The number of fused-ring (bicyclic) bond motifs is 4. The standard InChI is InChI=1S/C51H42N4O12/c1-52-28-9-15-34-41(22-28)66-42-23-29(55(2)3)10-16-35(42)45(34)33-14-8-27(21-39(33)50(62)63)48(59)54-40(51(64)65)6-4-5-19-53-47(58)26-7-13-32(38(20-26)49(60)61)46-36-17-11-30(56)24-43(36)67-44-25-31(57)12-18-37(44)46/h7-18,20-25,40,56H,4-6,19H2,1-3H3,(H,53,58)(H,54,59)(H,60,61)(H,62,63)(H,64,65)/b52-28-. The Morgan fingerprint density at radius 1 is 0.642 bits per heavy atom. The number of rotatable bonds is 14. The van der Waals surface area contributed by atoms with Gasteiger partial charge in [0.1, 0.15) is 34.5 Å². The molecule has 6 N–H and O–H groups in total. The zero-order valence-electron chi connectivity index (χ0n) is 36.2. The number of aromatic hydroxyl groups is 1. The van der Waals surface area contributed by atoms with E-state index in [0.717, 1.165) is 5.69 Å². The second kappa shape index (κ2) is 18.4. The Labute approximate surface area is 380 Å². The fourth-order valence-electron chi connectivity index (χ4n) is 8.16. The highest BCUT2D eigenvalue weighted by Crippen LogP contribution is 2.44. The smallest absolute Gasteiger partial charge is 0.336 e. The summed E-state index contributed by atoms with van der Waals surface area (Å²) in [5.74, 6) is -4.77. The number of hydrogen-bond donors (Lipinski definition) is 6. The molecule has 0 radical (unpaired) electrons. The Kier molecular flexibility index (Phi) is 12.3. The van der Waals surface area contributed by atoms with E-state index in [1.807, 2.05) is 37.2 Å². The van der Waals surface area contributed by atoms with Gasteiger partial charge in [-0.05, 0) is 103 Å². The monoisotopic (exact) mass is 902 g/mol. The summed E-state index contributed by atoms with van der Waals surface area (Å²) in [6, 6.07) is 26.4. The van der Waals surface area contributed by atoms with Crippen molar-refractivity contribution in [2.75, 3.05) is 32.6 Å². The van der Waals surface area contributed by atoms with Crippen LogP contribution in [0.4, 0.5) is 5.69 Å². The molecule has 0 fully saturated rings. The molecule has 2 amide bonds. The number of carboxylic acids is 3. The number of carboxylic acid groups (broad SMARTS) is 3. The quantitative estimate of drug-likeness (QED) is 0.0456. The summed E-state index contributed by atoms with van der Waals surface area (Å²) in [6.07, 6.45) is 0.516. The van der Waals surface area contributed by atoms with Crippen LogP contribution in [-0.2, 0) is 4.79 Å². The Morgan fingerprint density at radius 2 is 1.21 bits per heavy atom. The van der Waals surface area contributed by atoms with Crippen molar-refractivity contribution in [2.45, 2.75) is 25.3 Å². The average molecular weight is 903 g/mol. The van der Waals surface area contributed by atoms with Crippen molar-refractivity contribution in [1.82, 2.24) is 10.6 Å². The van der Waals surface area contributed by atoms with Crippen LogP contribution in [0.5, 0.6) is 5.75 Å². The highest BCUT2D eigenvalue weighted by molar-refractivity contribution is 6.11. The van der Waals surface area contributed by atoms with E-state index < -0.39 is 35.8 Å². The van der Waals surface area contributed by atoms with Crippen molar-refractivity contribution < 1.29 is 53.2 Å². The van der Waals surface area contributed by atoms with Gasteiger partial charge in [0.2, 0.25) is 0 Å². The van der Waals surface area contributed by atoms with Crippen molar-refractivity contribution in [3.05, 3.63) is 147 Å². The summed E-state index contributed by atoms with van der Waals surface area (Å²) < 4.78 is 12.2. The van der Waals surface area contributed by atoms with E-state index in [-0.39, 0.29) is 69.7 Å². The topological polar surface area (TPSA) is 249 Å². The number of aromatic carboxylic acids is 2. The molecular formula is C51H42N4O12. The van der Waals surface area contributed by atoms with Gasteiger partial charge >= 0.3 is 17.9 Å². The molecule has 338 valence electrons. The molecule has 0 spiro atoms. The van der Waals surface area contributed by atoms with Crippen LogP contribution in [0, 0.1) is 0 Å². The molecule has 4 aromatic rings. The molecule has 16 nitrogen and oxygen atoms in total. The molecule has 2 aliphatic carbocycles. The fraction of sp³-hybridized carbons (Fsp3) is 0.157. The molecular weight excluding hydrogens is 861 g/mol. The molecule has 0 saturated heterocycles. The summed E-state index contributed by atoms with van der Waals surface area (Å²) in [5.41, 5.74) is 3.43. The molecule has 8 rings (SSSR count). The maximum absolute atomic E-state index is 13.5. The molecule has 4 aliphatic rings. The van der Waals surface area contributed by atoms with Gasteiger partial charge in [-0.15, -0.1) is 0 Å². The lowest BCUT2D eigenvalue weighted by Crippen LogP contribution is -2.41. The summed E-state index contributed by atoms with van der Waals surface area (Å²) in [6.45, 7) is 0.0876. The number of hydrogen-bond acceptors (Lipinski definition) is 11. The second-order valence-electron chi connectivity index (χ2n) is 16.0. The third kappa shape index (κ3) is 9.00. The van der Waals surface area contributed by atoms with Crippen LogP contribution in [0.2, 0.25) is 0 Å². The number of anilines is 1. The first kappa shape index (κ1) is 44.8. The first-order valence-electron chi connectivity index (χ1n) is 21.0. The number of phenols is 1. The van der Waals surface area contributed by atoms with Gasteiger partial charge in [0.05, 0.1) is 16.5 Å². The van der Waals surface area contributed by atoms with Crippen LogP contribution in [0.1, 0.15) is 60.7 Å². The van der Waals surface area contributed by atoms with E-state index in [4.69, 9.17) is 8.83 Å². The largest absolute Gasteiger partial charge is 0.508 e. The third-order valence-electron chi connectivity index (χ3n) is 11.5. The van der Waals surface area contributed by atoms with Gasteiger partial charge in [-0.3, -0.25) is 19.4 Å². The van der Waals surface area contributed by atoms with E-state index in [9.17, 15) is 49.2 Å². The minimum atomic E-state index is -1.35. The number of benzene rings is 6. The van der Waals surface area contributed by atoms with Crippen LogP contribution in [0.3, 0.4) is 0 Å². The molecule has 16 heteroatoms. The molecule has 2 heterocycles. The number of nitrogens with zero attached hydrogens (tertiary/aromatic N) is 2.